The van der Waals surface area contributed by atoms with Gasteiger partial charge in [-0.3, -0.25) is 5.32 Å². The highest BCUT2D eigenvalue weighted by atomic mass is 32.1. The summed E-state index contributed by atoms with van der Waals surface area (Å²) >= 11 is 1.01. The van der Waals surface area contributed by atoms with Crippen LogP contribution in [0.1, 0.15) is 20.8 Å². The Hall–Kier alpha value is -1.70. The number of carbonyl (C=O) groups excluding carboxylic acids is 1. The molecule has 0 aliphatic rings. The molecule has 1 aromatic heterocycles. The standard InChI is InChI=1S/C9H14N4O3S/c1-9(2,3)6(7(14)15)12-8(16)11-5-4-10-13-17-5/h4,6H,1-3H3,(H,14,15)(H2,11,12,16)/t6-/m1/s1. The molecule has 1 rings (SSSR count). The van der Waals surface area contributed by atoms with Crippen LogP contribution in [0.3, 0.4) is 0 Å². The van der Waals surface area contributed by atoms with Gasteiger partial charge in [0, 0.05) is 11.5 Å². The number of rotatable bonds is 3. The molecule has 0 aliphatic carbocycles. The largest absolute Gasteiger partial charge is 0.480 e. The molecule has 1 atom stereocenters. The third kappa shape index (κ3) is 3.99. The van der Waals surface area contributed by atoms with Gasteiger partial charge in [0.25, 0.3) is 0 Å². The Morgan fingerprint density at radius 3 is 2.53 bits per heavy atom. The second kappa shape index (κ2) is 5.09. The van der Waals surface area contributed by atoms with Gasteiger partial charge in [0.1, 0.15) is 11.0 Å². The van der Waals surface area contributed by atoms with Crippen molar-refractivity contribution < 1.29 is 14.7 Å². The van der Waals surface area contributed by atoms with Crippen LogP contribution in [0.15, 0.2) is 6.20 Å². The monoisotopic (exact) mass is 258 g/mol. The predicted molar refractivity (Wildman–Crippen MR) is 62.9 cm³/mol. The highest BCUT2D eigenvalue weighted by Gasteiger charge is 2.32. The molecule has 8 heteroatoms. The van der Waals surface area contributed by atoms with Crippen molar-refractivity contribution in [2.75, 3.05) is 5.32 Å². The number of nitrogens with one attached hydrogen (secondary N) is 2. The summed E-state index contributed by atoms with van der Waals surface area (Å²) in [5, 5.41) is 17.9. The Morgan fingerprint density at radius 1 is 1.47 bits per heavy atom. The van der Waals surface area contributed by atoms with E-state index in [1.54, 1.807) is 20.8 Å². The first kappa shape index (κ1) is 13.4. The Morgan fingerprint density at radius 2 is 2.12 bits per heavy atom. The number of urea groups is 1. The van der Waals surface area contributed by atoms with Gasteiger partial charge < -0.3 is 10.4 Å². The first-order valence-corrected chi connectivity index (χ1v) is 5.65. The Balaban J connectivity index is 2.62. The first-order valence-electron chi connectivity index (χ1n) is 4.88. The number of aliphatic carboxylic acids is 1. The Bertz CT molecular complexity index is 399. The van der Waals surface area contributed by atoms with Crippen molar-refractivity contribution in [3.63, 3.8) is 0 Å². The van der Waals surface area contributed by atoms with Crippen LogP contribution in [0.4, 0.5) is 9.80 Å². The van der Waals surface area contributed by atoms with Crippen LogP contribution in [0, 0.1) is 5.41 Å². The number of hydrogen-bond donors (Lipinski definition) is 3. The van der Waals surface area contributed by atoms with Crippen LogP contribution in [0.25, 0.3) is 0 Å². The lowest BCUT2D eigenvalue weighted by atomic mass is 9.87. The van der Waals surface area contributed by atoms with Crippen molar-refractivity contribution in [1.82, 2.24) is 14.9 Å². The van der Waals surface area contributed by atoms with E-state index in [2.05, 4.69) is 20.2 Å². The molecule has 3 N–H and O–H groups in total. The molecule has 0 aliphatic heterocycles. The molecular weight excluding hydrogens is 244 g/mol. The Kier molecular flexibility index (Phi) is 4.00. The van der Waals surface area contributed by atoms with Crippen LogP contribution in [0.5, 0.6) is 0 Å². The van der Waals surface area contributed by atoms with E-state index in [0.29, 0.717) is 5.00 Å². The van der Waals surface area contributed by atoms with Crippen molar-refractivity contribution in [3.8, 4) is 0 Å². The summed E-state index contributed by atoms with van der Waals surface area (Å²) < 4.78 is 3.57. The fourth-order valence-electron chi connectivity index (χ4n) is 1.15. The highest BCUT2D eigenvalue weighted by molar-refractivity contribution is 7.10. The average molecular weight is 258 g/mol. The molecular formula is C9H14N4O3S. The molecule has 2 amide bonds. The smallest absolute Gasteiger partial charge is 0.326 e. The lowest BCUT2D eigenvalue weighted by molar-refractivity contribution is -0.141. The van der Waals surface area contributed by atoms with Crippen molar-refractivity contribution in [2.45, 2.75) is 26.8 Å². The molecule has 0 fully saturated rings. The zero-order chi connectivity index (χ0) is 13.1. The van der Waals surface area contributed by atoms with Gasteiger partial charge >= 0.3 is 12.0 Å². The van der Waals surface area contributed by atoms with Gasteiger partial charge in [-0.2, -0.15) is 0 Å². The van der Waals surface area contributed by atoms with E-state index in [-0.39, 0.29) is 0 Å². The summed E-state index contributed by atoms with van der Waals surface area (Å²) in [5.41, 5.74) is -0.574. The number of carbonyl (C=O) groups is 2. The molecule has 0 aromatic carbocycles. The topological polar surface area (TPSA) is 104 Å². The average Bonchev–Trinajstić information content (AvgIpc) is 2.64. The number of carboxylic acids is 1. The number of hydrogen-bond acceptors (Lipinski definition) is 5. The van der Waals surface area contributed by atoms with Gasteiger partial charge in [0.15, 0.2) is 0 Å². The van der Waals surface area contributed by atoms with Gasteiger partial charge in [-0.15, -0.1) is 5.10 Å². The van der Waals surface area contributed by atoms with Crippen LogP contribution < -0.4 is 10.6 Å². The summed E-state index contributed by atoms with van der Waals surface area (Å²) in [6.45, 7) is 5.21. The normalized spacial score (nSPS) is 12.9. The fraction of sp³-hybridized carbons (Fsp3) is 0.556. The molecule has 1 aromatic rings. The quantitative estimate of drug-likeness (QED) is 0.754. The van der Waals surface area contributed by atoms with E-state index in [4.69, 9.17) is 5.11 Å². The summed E-state index contributed by atoms with van der Waals surface area (Å²) in [6.07, 6.45) is 1.39. The van der Waals surface area contributed by atoms with E-state index in [1.807, 2.05) is 0 Å². The first-order chi connectivity index (χ1) is 7.80. The summed E-state index contributed by atoms with van der Waals surface area (Å²) in [5.74, 6) is -1.07. The van der Waals surface area contributed by atoms with Gasteiger partial charge in [-0.1, -0.05) is 25.3 Å². The van der Waals surface area contributed by atoms with E-state index >= 15 is 0 Å². The molecule has 94 valence electrons. The third-order valence-electron chi connectivity index (χ3n) is 1.99. The zero-order valence-electron chi connectivity index (χ0n) is 9.72. The summed E-state index contributed by atoms with van der Waals surface area (Å²) in [6, 6.07) is -1.55. The molecule has 0 bridgehead atoms. The van der Waals surface area contributed by atoms with E-state index in [9.17, 15) is 9.59 Å². The minimum absolute atomic E-state index is 0.459. The molecule has 0 saturated heterocycles. The summed E-state index contributed by atoms with van der Waals surface area (Å²) in [4.78, 5) is 22.6. The molecule has 0 saturated carbocycles. The van der Waals surface area contributed by atoms with Crippen molar-refractivity contribution in [1.29, 1.82) is 0 Å². The molecule has 0 unspecified atom stereocenters. The number of amides is 2. The zero-order valence-corrected chi connectivity index (χ0v) is 10.5. The van der Waals surface area contributed by atoms with Crippen molar-refractivity contribution in [2.24, 2.45) is 5.41 Å². The van der Waals surface area contributed by atoms with Gasteiger partial charge in [0.2, 0.25) is 0 Å². The van der Waals surface area contributed by atoms with E-state index in [1.165, 1.54) is 6.20 Å². The number of carboxylic acid groups (broad SMARTS) is 1. The maximum atomic E-state index is 11.5. The third-order valence-corrected chi connectivity index (χ3v) is 2.57. The number of aromatic nitrogens is 2. The number of nitrogens with zero attached hydrogens (tertiary/aromatic N) is 2. The van der Waals surface area contributed by atoms with Crippen molar-refractivity contribution >= 4 is 28.5 Å². The predicted octanol–water partition coefficient (Wildman–Crippen LogP) is 1.16. The van der Waals surface area contributed by atoms with Crippen LogP contribution >= 0.6 is 11.5 Å². The maximum absolute atomic E-state index is 11.5. The maximum Gasteiger partial charge on any atom is 0.326 e. The lowest BCUT2D eigenvalue weighted by Crippen LogP contribution is -2.50. The summed E-state index contributed by atoms with van der Waals surface area (Å²) in [7, 11) is 0. The second-order valence-corrected chi connectivity index (χ2v) is 5.30. The van der Waals surface area contributed by atoms with Crippen LogP contribution in [-0.4, -0.2) is 32.7 Å². The minimum atomic E-state index is -1.07. The SMILES string of the molecule is CC(C)(C)[C@H](NC(=O)Nc1cnns1)C(=O)O. The molecule has 0 radical (unpaired) electrons. The fourth-order valence-corrected chi connectivity index (χ4v) is 1.56. The molecule has 1 heterocycles. The minimum Gasteiger partial charge on any atom is -0.480 e. The van der Waals surface area contributed by atoms with Crippen molar-refractivity contribution in [3.05, 3.63) is 6.20 Å². The molecule has 7 nitrogen and oxygen atoms in total. The second-order valence-electron chi connectivity index (χ2n) is 4.52. The lowest BCUT2D eigenvalue weighted by Gasteiger charge is -2.27. The van der Waals surface area contributed by atoms with Gasteiger partial charge in [-0.05, 0) is 5.41 Å². The van der Waals surface area contributed by atoms with Gasteiger partial charge in [0.05, 0.1) is 6.20 Å². The Labute approximate surface area is 102 Å². The van der Waals surface area contributed by atoms with Gasteiger partial charge in [-0.25, -0.2) is 9.59 Å². The highest BCUT2D eigenvalue weighted by Crippen LogP contribution is 2.19. The molecule has 0 spiro atoms. The van der Waals surface area contributed by atoms with E-state index in [0.717, 1.165) is 11.5 Å². The number of anilines is 1. The van der Waals surface area contributed by atoms with E-state index < -0.39 is 23.5 Å². The van der Waals surface area contributed by atoms with Crippen LogP contribution in [0.2, 0.25) is 0 Å². The molecule has 17 heavy (non-hydrogen) atoms. The van der Waals surface area contributed by atoms with Crippen LogP contribution in [-0.2, 0) is 4.79 Å².